The van der Waals surface area contributed by atoms with Gasteiger partial charge in [0.05, 0.1) is 6.61 Å². The molecule has 21 heavy (non-hydrogen) atoms. The second-order valence-corrected chi connectivity index (χ2v) is 6.43. The monoisotopic (exact) mass is 283 g/mol. The Bertz CT molecular complexity index is 602. The highest BCUT2D eigenvalue weighted by Gasteiger charge is 2.22. The standard InChI is InChI=1S/C19H25NO/c1-20(2)13-5-6-16-11-12-19(21-14-15-9-10-15)18-8-4-3-7-17(16)18/h3-4,7-8,11-12,15H,5-6,9-10,13-14H2,1-2H3. The molecule has 0 spiro atoms. The minimum Gasteiger partial charge on any atom is -0.493 e. The molecular formula is C19H25NO. The van der Waals surface area contributed by atoms with Crippen LogP contribution in [0.25, 0.3) is 10.8 Å². The van der Waals surface area contributed by atoms with Crippen molar-refractivity contribution in [2.75, 3.05) is 27.2 Å². The molecule has 0 heterocycles. The van der Waals surface area contributed by atoms with E-state index in [0.29, 0.717) is 0 Å². The zero-order valence-corrected chi connectivity index (χ0v) is 13.1. The molecule has 3 rings (SSSR count). The number of ether oxygens (including phenoxy) is 1. The smallest absolute Gasteiger partial charge is 0.127 e. The molecule has 0 aromatic heterocycles. The van der Waals surface area contributed by atoms with Gasteiger partial charge in [0.2, 0.25) is 0 Å². The van der Waals surface area contributed by atoms with Crippen LogP contribution in [-0.2, 0) is 6.42 Å². The van der Waals surface area contributed by atoms with Crippen molar-refractivity contribution in [3.05, 3.63) is 42.0 Å². The highest BCUT2D eigenvalue weighted by molar-refractivity contribution is 5.91. The van der Waals surface area contributed by atoms with Crippen molar-refractivity contribution in [1.29, 1.82) is 0 Å². The molecule has 112 valence electrons. The predicted octanol–water partition coefficient (Wildman–Crippen LogP) is 4.12. The molecule has 1 aliphatic rings. The molecule has 0 aliphatic heterocycles. The van der Waals surface area contributed by atoms with E-state index in [9.17, 15) is 0 Å². The fourth-order valence-electron chi connectivity index (χ4n) is 2.76. The van der Waals surface area contributed by atoms with E-state index in [1.807, 2.05) is 0 Å². The third kappa shape index (κ3) is 3.76. The summed E-state index contributed by atoms with van der Waals surface area (Å²) in [6.07, 6.45) is 4.99. The van der Waals surface area contributed by atoms with Gasteiger partial charge in [0.25, 0.3) is 0 Å². The molecule has 0 amide bonds. The lowest BCUT2D eigenvalue weighted by Gasteiger charge is -2.13. The first-order valence-corrected chi connectivity index (χ1v) is 8.02. The van der Waals surface area contributed by atoms with Crippen LogP contribution in [0.5, 0.6) is 5.75 Å². The minimum absolute atomic E-state index is 0.795. The van der Waals surface area contributed by atoms with E-state index >= 15 is 0 Å². The number of hydrogen-bond acceptors (Lipinski definition) is 2. The first-order chi connectivity index (χ1) is 10.2. The minimum atomic E-state index is 0.795. The molecule has 2 aromatic rings. The van der Waals surface area contributed by atoms with Crippen LogP contribution < -0.4 is 4.74 Å². The number of rotatable bonds is 7. The van der Waals surface area contributed by atoms with Gasteiger partial charge in [-0.3, -0.25) is 0 Å². The van der Waals surface area contributed by atoms with Crippen molar-refractivity contribution < 1.29 is 4.74 Å². The lowest BCUT2D eigenvalue weighted by molar-refractivity contribution is 0.303. The van der Waals surface area contributed by atoms with E-state index in [0.717, 1.165) is 31.2 Å². The van der Waals surface area contributed by atoms with E-state index in [4.69, 9.17) is 4.74 Å². The molecule has 0 atom stereocenters. The molecule has 1 fully saturated rings. The van der Waals surface area contributed by atoms with E-state index < -0.39 is 0 Å². The number of benzene rings is 2. The zero-order valence-electron chi connectivity index (χ0n) is 13.1. The quantitative estimate of drug-likeness (QED) is 0.758. The summed E-state index contributed by atoms with van der Waals surface area (Å²) in [6, 6.07) is 13.1. The molecule has 0 bridgehead atoms. The van der Waals surface area contributed by atoms with Crippen LogP contribution in [0, 0.1) is 5.92 Å². The van der Waals surface area contributed by atoms with Crippen LogP contribution in [0.2, 0.25) is 0 Å². The van der Waals surface area contributed by atoms with Crippen LogP contribution in [0.4, 0.5) is 0 Å². The third-order valence-corrected chi connectivity index (χ3v) is 4.20. The summed E-state index contributed by atoms with van der Waals surface area (Å²) >= 11 is 0. The number of fused-ring (bicyclic) bond motifs is 1. The Morgan fingerprint density at radius 2 is 1.81 bits per heavy atom. The maximum atomic E-state index is 6.03. The molecule has 1 aliphatic carbocycles. The van der Waals surface area contributed by atoms with Gasteiger partial charge in [-0.05, 0) is 69.3 Å². The van der Waals surface area contributed by atoms with Gasteiger partial charge in [-0.1, -0.05) is 30.3 Å². The Balaban J connectivity index is 1.79. The number of nitrogens with zero attached hydrogens (tertiary/aromatic N) is 1. The van der Waals surface area contributed by atoms with Crippen LogP contribution >= 0.6 is 0 Å². The lowest BCUT2D eigenvalue weighted by atomic mass is 10.00. The van der Waals surface area contributed by atoms with Gasteiger partial charge in [-0.2, -0.15) is 0 Å². The third-order valence-electron chi connectivity index (χ3n) is 4.20. The molecule has 0 N–H and O–H groups in total. The highest BCUT2D eigenvalue weighted by atomic mass is 16.5. The van der Waals surface area contributed by atoms with Crippen molar-refractivity contribution in [2.24, 2.45) is 5.92 Å². The Morgan fingerprint density at radius 1 is 1.05 bits per heavy atom. The Labute approximate surface area is 127 Å². The average molecular weight is 283 g/mol. The molecule has 2 heteroatoms. The average Bonchev–Trinajstić information content (AvgIpc) is 3.30. The van der Waals surface area contributed by atoms with Crippen LogP contribution in [0.1, 0.15) is 24.8 Å². The van der Waals surface area contributed by atoms with Gasteiger partial charge in [-0.25, -0.2) is 0 Å². The summed E-state index contributed by atoms with van der Waals surface area (Å²) < 4.78 is 6.03. The van der Waals surface area contributed by atoms with Crippen molar-refractivity contribution in [3.63, 3.8) is 0 Å². The fourth-order valence-corrected chi connectivity index (χ4v) is 2.76. The van der Waals surface area contributed by atoms with Crippen molar-refractivity contribution >= 4 is 10.8 Å². The van der Waals surface area contributed by atoms with Crippen molar-refractivity contribution in [1.82, 2.24) is 4.90 Å². The van der Waals surface area contributed by atoms with Gasteiger partial charge in [-0.15, -0.1) is 0 Å². The van der Waals surface area contributed by atoms with Gasteiger partial charge in [0.1, 0.15) is 5.75 Å². The van der Waals surface area contributed by atoms with Gasteiger partial charge < -0.3 is 9.64 Å². The molecule has 0 unspecified atom stereocenters. The summed E-state index contributed by atoms with van der Waals surface area (Å²) in [5.41, 5.74) is 1.44. The number of hydrogen-bond donors (Lipinski definition) is 0. The van der Waals surface area contributed by atoms with E-state index in [1.54, 1.807) is 0 Å². The van der Waals surface area contributed by atoms with E-state index in [-0.39, 0.29) is 0 Å². The summed E-state index contributed by atoms with van der Waals surface area (Å²) in [5, 5.41) is 2.62. The van der Waals surface area contributed by atoms with Crippen molar-refractivity contribution in [2.45, 2.75) is 25.7 Å². The van der Waals surface area contributed by atoms with E-state index in [1.165, 1.54) is 35.6 Å². The lowest BCUT2D eigenvalue weighted by Crippen LogP contribution is -2.13. The highest BCUT2D eigenvalue weighted by Crippen LogP contribution is 2.33. The maximum absolute atomic E-state index is 6.03. The van der Waals surface area contributed by atoms with Gasteiger partial charge >= 0.3 is 0 Å². The predicted molar refractivity (Wildman–Crippen MR) is 89.0 cm³/mol. The SMILES string of the molecule is CN(C)CCCc1ccc(OCC2CC2)c2ccccc12. The molecule has 0 saturated heterocycles. The first-order valence-electron chi connectivity index (χ1n) is 8.02. The normalized spacial score (nSPS) is 14.8. The summed E-state index contributed by atoms with van der Waals surface area (Å²) in [7, 11) is 4.26. The molecule has 1 saturated carbocycles. The zero-order chi connectivity index (χ0) is 14.7. The fraction of sp³-hybridized carbons (Fsp3) is 0.474. The van der Waals surface area contributed by atoms with Gasteiger partial charge in [0.15, 0.2) is 0 Å². The molecule has 0 radical (unpaired) electrons. The molecule has 2 aromatic carbocycles. The maximum Gasteiger partial charge on any atom is 0.127 e. The Kier molecular flexibility index (Phi) is 4.45. The topological polar surface area (TPSA) is 12.5 Å². The first kappa shape index (κ1) is 14.4. The Hall–Kier alpha value is -1.54. The molecule has 2 nitrogen and oxygen atoms in total. The van der Waals surface area contributed by atoms with Crippen molar-refractivity contribution in [3.8, 4) is 5.75 Å². The Morgan fingerprint density at radius 3 is 2.52 bits per heavy atom. The van der Waals surface area contributed by atoms with Crippen LogP contribution in [-0.4, -0.2) is 32.1 Å². The summed E-state index contributed by atoms with van der Waals surface area (Å²) in [4.78, 5) is 2.25. The molecular weight excluding hydrogens is 258 g/mol. The second-order valence-electron chi connectivity index (χ2n) is 6.43. The number of aryl methyl sites for hydroxylation is 1. The van der Waals surface area contributed by atoms with Crippen LogP contribution in [0.3, 0.4) is 0 Å². The summed E-state index contributed by atoms with van der Waals surface area (Å²) in [5.74, 6) is 1.84. The van der Waals surface area contributed by atoms with E-state index in [2.05, 4.69) is 55.4 Å². The second kappa shape index (κ2) is 6.48. The summed E-state index contributed by atoms with van der Waals surface area (Å²) in [6.45, 7) is 2.01. The van der Waals surface area contributed by atoms with Crippen LogP contribution in [0.15, 0.2) is 36.4 Å². The largest absolute Gasteiger partial charge is 0.493 e. The van der Waals surface area contributed by atoms with Gasteiger partial charge in [0, 0.05) is 5.39 Å².